The van der Waals surface area contributed by atoms with E-state index in [1.54, 1.807) is 39.0 Å². The number of ketones is 1. The minimum atomic E-state index is -0.545. The first-order valence-electron chi connectivity index (χ1n) is 7.79. The number of esters is 1. The van der Waals surface area contributed by atoms with Gasteiger partial charge in [0.25, 0.3) is 5.91 Å². The molecular formula is C18H18BrNO4S. The molecule has 0 fully saturated rings. The molecule has 1 N–H and O–H groups in total. The standard InChI is InChI=1S/C18H18BrNO4S/c1-4-13(21)15-10(3)14(18(23)24-5-2)17(25-15)20-16(22)11-7-6-8-12(19)9-11/h6-9H,4-5H2,1-3H3,(H,20,22). The van der Waals surface area contributed by atoms with Crippen LogP contribution in [0.3, 0.4) is 0 Å². The fraction of sp³-hybridized carbons (Fsp3) is 0.278. The van der Waals surface area contributed by atoms with Gasteiger partial charge in [-0.1, -0.05) is 28.9 Å². The number of carbonyl (C=O) groups excluding carboxylic acids is 3. The maximum atomic E-state index is 12.5. The van der Waals surface area contributed by atoms with Gasteiger partial charge in [-0.3, -0.25) is 9.59 Å². The highest BCUT2D eigenvalue weighted by Gasteiger charge is 2.26. The van der Waals surface area contributed by atoms with Gasteiger partial charge >= 0.3 is 5.97 Å². The van der Waals surface area contributed by atoms with Crippen LogP contribution in [-0.4, -0.2) is 24.3 Å². The lowest BCUT2D eigenvalue weighted by Gasteiger charge is -2.07. The van der Waals surface area contributed by atoms with Gasteiger partial charge < -0.3 is 10.1 Å². The molecule has 7 heteroatoms. The average molecular weight is 424 g/mol. The Hall–Kier alpha value is -1.99. The lowest BCUT2D eigenvalue weighted by atomic mass is 10.1. The molecule has 0 aliphatic carbocycles. The third-order valence-corrected chi connectivity index (χ3v) is 5.26. The van der Waals surface area contributed by atoms with Gasteiger partial charge in [-0.2, -0.15) is 0 Å². The molecule has 0 spiro atoms. The maximum Gasteiger partial charge on any atom is 0.341 e. The quantitative estimate of drug-likeness (QED) is 0.532. The first-order chi connectivity index (χ1) is 11.9. The molecule has 0 atom stereocenters. The molecule has 25 heavy (non-hydrogen) atoms. The van der Waals surface area contributed by atoms with Crippen LogP contribution >= 0.6 is 27.3 Å². The number of Topliss-reactive ketones (excluding diaryl/α,β-unsaturated/α-hetero) is 1. The molecule has 0 aliphatic heterocycles. The predicted molar refractivity (Wildman–Crippen MR) is 102 cm³/mol. The number of carbonyl (C=O) groups is 3. The number of anilines is 1. The summed E-state index contributed by atoms with van der Waals surface area (Å²) >= 11 is 4.43. The zero-order valence-electron chi connectivity index (χ0n) is 14.1. The fourth-order valence-electron chi connectivity index (χ4n) is 2.28. The molecule has 1 heterocycles. The number of hydrogen-bond donors (Lipinski definition) is 1. The smallest absolute Gasteiger partial charge is 0.341 e. The van der Waals surface area contributed by atoms with E-state index in [-0.39, 0.29) is 23.9 Å². The van der Waals surface area contributed by atoms with Crippen LogP contribution in [0.4, 0.5) is 5.00 Å². The van der Waals surface area contributed by atoms with Crippen molar-refractivity contribution in [2.45, 2.75) is 27.2 Å². The molecule has 2 rings (SSSR count). The van der Waals surface area contributed by atoms with E-state index >= 15 is 0 Å². The molecule has 5 nitrogen and oxygen atoms in total. The van der Waals surface area contributed by atoms with Crippen LogP contribution in [0.15, 0.2) is 28.7 Å². The van der Waals surface area contributed by atoms with E-state index in [2.05, 4.69) is 21.2 Å². The SMILES string of the molecule is CCOC(=O)c1c(NC(=O)c2cccc(Br)c2)sc(C(=O)CC)c1C. The molecule has 1 aromatic heterocycles. The van der Waals surface area contributed by atoms with E-state index < -0.39 is 5.97 Å². The van der Waals surface area contributed by atoms with Crippen LogP contribution in [0.1, 0.15) is 56.2 Å². The van der Waals surface area contributed by atoms with Crippen molar-refractivity contribution in [3.05, 3.63) is 50.3 Å². The summed E-state index contributed by atoms with van der Waals surface area (Å²) in [6, 6.07) is 6.91. The molecule has 0 bridgehead atoms. The lowest BCUT2D eigenvalue weighted by Crippen LogP contribution is -2.14. The average Bonchev–Trinajstić information content (AvgIpc) is 2.90. The first kappa shape index (κ1) is 19.3. The second-order valence-electron chi connectivity index (χ2n) is 5.22. The summed E-state index contributed by atoms with van der Waals surface area (Å²) in [5, 5.41) is 3.07. The molecule has 1 aromatic carbocycles. The number of halogens is 1. The van der Waals surface area contributed by atoms with Crippen molar-refractivity contribution < 1.29 is 19.1 Å². The minimum absolute atomic E-state index is 0.0731. The monoisotopic (exact) mass is 423 g/mol. The van der Waals surface area contributed by atoms with Crippen LogP contribution in [0.2, 0.25) is 0 Å². The number of ether oxygens (including phenoxy) is 1. The van der Waals surface area contributed by atoms with Crippen molar-refractivity contribution in [2.24, 2.45) is 0 Å². The molecular weight excluding hydrogens is 406 g/mol. The number of hydrogen-bond acceptors (Lipinski definition) is 5. The van der Waals surface area contributed by atoms with Gasteiger partial charge in [0.2, 0.25) is 0 Å². The van der Waals surface area contributed by atoms with Crippen molar-refractivity contribution in [3.8, 4) is 0 Å². The van der Waals surface area contributed by atoms with Crippen LogP contribution in [0, 0.1) is 6.92 Å². The van der Waals surface area contributed by atoms with E-state index in [0.717, 1.165) is 15.8 Å². The third kappa shape index (κ3) is 4.35. The summed E-state index contributed by atoms with van der Waals surface area (Å²) in [6.45, 7) is 5.37. The molecule has 1 amide bonds. The van der Waals surface area contributed by atoms with Crippen molar-refractivity contribution >= 4 is 49.9 Å². The summed E-state index contributed by atoms with van der Waals surface area (Å²) in [4.78, 5) is 37.4. The Kier molecular flexibility index (Phi) is 6.50. The van der Waals surface area contributed by atoms with Gasteiger partial charge in [0.05, 0.1) is 17.0 Å². The number of amides is 1. The Bertz CT molecular complexity index is 828. The number of benzene rings is 1. The van der Waals surface area contributed by atoms with Gasteiger partial charge in [0, 0.05) is 16.5 Å². The Morgan fingerprint density at radius 3 is 2.56 bits per heavy atom. The van der Waals surface area contributed by atoms with E-state index in [0.29, 0.717) is 27.4 Å². The second-order valence-corrected chi connectivity index (χ2v) is 7.16. The summed E-state index contributed by atoms with van der Waals surface area (Å²) in [5.74, 6) is -0.976. The lowest BCUT2D eigenvalue weighted by molar-refractivity contribution is 0.0527. The highest BCUT2D eigenvalue weighted by molar-refractivity contribution is 9.10. The fourth-order valence-corrected chi connectivity index (χ4v) is 3.88. The summed E-state index contributed by atoms with van der Waals surface area (Å²) in [5.41, 5.74) is 1.23. The topological polar surface area (TPSA) is 72.5 Å². The zero-order valence-corrected chi connectivity index (χ0v) is 16.5. The highest BCUT2D eigenvalue weighted by Crippen LogP contribution is 2.35. The maximum absolute atomic E-state index is 12.5. The summed E-state index contributed by atoms with van der Waals surface area (Å²) < 4.78 is 5.85. The number of rotatable bonds is 6. The summed E-state index contributed by atoms with van der Waals surface area (Å²) in [6.07, 6.45) is 0.322. The van der Waals surface area contributed by atoms with Crippen molar-refractivity contribution in [2.75, 3.05) is 11.9 Å². The Morgan fingerprint density at radius 1 is 1.24 bits per heavy atom. The predicted octanol–water partition coefficient (Wildman–Crippen LogP) is 4.84. The molecule has 0 unspecified atom stereocenters. The van der Waals surface area contributed by atoms with Gasteiger partial charge in [-0.05, 0) is 37.6 Å². The largest absolute Gasteiger partial charge is 0.462 e. The molecule has 0 saturated heterocycles. The zero-order chi connectivity index (χ0) is 18.6. The van der Waals surface area contributed by atoms with Crippen molar-refractivity contribution in [1.82, 2.24) is 0 Å². The third-order valence-electron chi connectivity index (χ3n) is 3.51. The normalized spacial score (nSPS) is 10.4. The van der Waals surface area contributed by atoms with Gasteiger partial charge in [-0.15, -0.1) is 11.3 Å². The molecule has 2 aromatic rings. The van der Waals surface area contributed by atoms with Gasteiger partial charge in [-0.25, -0.2) is 4.79 Å². The number of nitrogens with one attached hydrogen (secondary N) is 1. The summed E-state index contributed by atoms with van der Waals surface area (Å²) in [7, 11) is 0. The van der Waals surface area contributed by atoms with Gasteiger partial charge in [0.15, 0.2) is 5.78 Å². The highest BCUT2D eigenvalue weighted by atomic mass is 79.9. The second kappa shape index (κ2) is 8.40. The molecule has 0 saturated carbocycles. The van der Waals surface area contributed by atoms with Gasteiger partial charge in [0.1, 0.15) is 5.00 Å². The van der Waals surface area contributed by atoms with Crippen LogP contribution in [0.5, 0.6) is 0 Å². The first-order valence-corrected chi connectivity index (χ1v) is 9.40. The van der Waals surface area contributed by atoms with Crippen LogP contribution in [0.25, 0.3) is 0 Å². The molecule has 132 valence electrons. The van der Waals surface area contributed by atoms with Crippen LogP contribution < -0.4 is 5.32 Å². The Morgan fingerprint density at radius 2 is 1.96 bits per heavy atom. The Balaban J connectivity index is 2.43. The van der Waals surface area contributed by atoms with E-state index in [4.69, 9.17) is 4.74 Å². The molecule has 0 radical (unpaired) electrons. The minimum Gasteiger partial charge on any atom is -0.462 e. The van der Waals surface area contributed by atoms with E-state index in [1.807, 2.05) is 6.07 Å². The molecule has 0 aliphatic rings. The van der Waals surface area contributed by atoms with Crippen LogP contribution in [-0.2, 0) is 4.74 Å². The van der Waals surface area contributed by atoms with E-state index in [1.165, 1.54) is 0 Å². The van der Waals surface area contributed by atoms with Crippen molar-refractivity contribution in [1.29, 1.82) is 0 Å². The number of thiophene rings is 1. The van der Waals surface area contributed by atoms with Crippen molar-refractivity contribution in [3.63, 3.8) is 0 Å². The Labute approximate surface area is 158 Å². The van der Waals surface area contributed by atoms with E-state index in [9.17, 15) is 14.4 Å².